The number of ether oxygens (including phenoxy) is 2. The molecule has 0 saturated carbocycles. The molecule has 0 spiro atoms. The molecule has 3 aromatic rings. The summed E-state index contributed by atoms with van der Waals surface area (Å²) < 4.78 is 10.2. The number of carbonyl (C=O) groups excluding carboxylic acids is 4. The summed E-state index contributed by atoms with van der Waals surface area (Å²) in [5, 5.41) is 5.42. The lowest BCUT2D eigenvalue weighted by molar-refractivity contribution is -0.137. The Morgan fingerprint density at radius 2 is 1.27 bits per heavy atom. The Hall–Kier alpha value is -4.72. The van der Waals surface area contributed by atoms with E-state index in [0.717, 1.165) is 28.8 Å². The highest BCUT2D eigenvalue weighted by Crippen LogP contribution is 2.10. The van der Waals surface area contributed by atoms with Gasteiger partial charge in [-0.2, -0.15) is 0 Å². The van der Waals surface area contributed by atoms with E-state index in [1.807, 2.05) is 91.0 Å². The standard InChI is InChI=1S/C32H34N2O6/c1-2-39-30(36)21-20-29(35)27(19-18-24-12-6-3-7-13-24)33-31(37)28(22-25-14-8-4-9-15-25)34-32(38)40-23-26-16-10-5-11-17-26/h3-17,20-21,27-28H,2,18-19,22-23H2,1H3,(H,33,37)(H,34,38)/b21-20+/t27-,28-/m0/s1. The monoisotopic (exact) mass is 542 g/mol. The Bertz CT molecular complexity index is 1260. The SMILES string of the molecule is CCOC(=O)/C=C/C(=O)[C@H](CCc1ccccc1)NC(=O)[C@H](Cc1ccccc1)NC(=O)OCc1ccccc1. The third-order valence-electron chi connectivity index (χ3n) is 6.00. The number of aryl methyl sites for hydroxylation is 1. The highest BCUT2D eigenvalue weighted by atomic mass is 16.5. The minimum atomic E-state index is -1.01. The van der Waals surface area contributed by atoms with Crippen LogP contribution in [0.25, 0.3) is 0 Å². The van der Waals surface area contributed by atoms with Crippen LogP contribution in [0.2, 0.25) is 0 Å². The summed E-state index contributed by atoms with van der Waals surface area (Å²) in [6.45, 7) is 1.89. The van der Waals surface area contributed by atoms with Crippen molar-refractivity contribution in [1.82, 2.24) is 10.6 Å². The fourth-order valence-electron chi connectivity index (χ4n) is 3.94. The van der Waals surface area contributed by atoms with Crippen molar-refractivity contribution in [2.45, 2.75) is 44.9 Å². The van der Waals surface area contributed by atoms with Gasteiger partial charge in [0, 0.05) is 12.5 Å². The zero-order chi connectivity index (χ0) is 28.6. The Labute approximate surface area is 234 Å². The number of ketones is 1. The third-order valence-corrected chi connectivity index (χ3v) is 6.00. The number of amides is 2. The first-order valence-corrected chi connectivity index (χ1v) is 13.2. The lowest BCUT2D eigenvalue weighted by Gasteiger charge is -2.22. The molecular weight excluding hydrogens is 508 g/mol. The average Bonchev–Trinajstić information content (AvgIpc) is 2.98. The highest BCUT2D eigenvalue weighted by molar-refractivity contribution is 6.01. The van der Waals surface area contributed by atoms with Crippen LogP contribution in [0.1, 0.15) is 30.0 Å². The maximum atomic E-state index is 13.5. The van der Waals surface area contributed by atoms with Crippen molar-refractivity contribution < 1.29 is 28.7 Å². The zero-order valence-corrected chi connectivity index (χ0v) is 22.5. The van der Waals surface area contributed by atoms with Crippen LogP contribution in [-0.2, 0) is 43.3 Å². The third kappa shape index (κ3) is 10.6. The van der Waals surface area contributed by atoms with E-state index in [4.69, 9.17) is 9.47 Å². The first-order valence-electron chi connectivity index (χ1n) is 13.2. The number of rotatable bonds is 14. The molecule has 0 aliphatic rings. The van der Waals surface area contributed by atoms with Crippen molar-refractivity contribution >= 4 is 23.8 Å². The van der Waals surface area contributed by atoms with Crippen molar-refractivity contribution in [2.75, 3.05) is 6.61 Å². The normalized spacial score (nSPS) is 12.2. The number of benzene rings is 3. The van der Waals surface area contributed by atoms with Crippen molar-refractivity contribution in [3.8, 4) is 0 Å². The maximum Gasteiger partial charge on any atom is 0.408 e. The van der Waals surface area contributed by atoms with E-state index in [9.17, 15) is 19.2 Å². The van der Waals surface area contributed by atoms with Crippen molar-refractivity contribution in [3.63, 3.8) is 0 Å². The van der Waals surface area contributed by atoms with Gasteiger partial charge in [0.15, 0.2) is 5.78 Å². The first kappa shape index (κ1) is 29.8. The van der Waals surface area contributed by atoms with E-state index in [2.05, 4.69) is 10.6 Å². The van der Waals surface area contributed by atoms with Gasteiger partial charge >= 0.3 is 12.1 Å². The second kappa shape index (κ2) is 16.3. The molecule has 8 nitrogen and oxygen atoms in total. The minimum absolute atomic E-state index is 0.0448. The molecule has 0 radical (unpaired) electrons. The van der Waals surface area contributed by atoms with Gasteiger partial charge in [-0.15, -0.1) is 0 Å². The summed E-state index contributed by atoms with van der Waals surface area (Å²) in [5.41, 5.74) is 2.62. The Morgan fingerprint density at radius 1 is 0.700 bits per heavy atom. The second-order valence-corrected chi connectivity index (χ2v) is 9.02. The van der Waals surface area contributed by atoms with Crippen LogP contribution < -0.4 is 10.6 Å². The summed E-state index contributed by atoms with van der Waals surface area (Å²) in [4.78, 5) is 50.9. The molecule has 0 saturated heterocycles. The Balaban J connectivity index is 1.74. The molecule has 2 amide bonds. The number of nitrogens with one attached hydrogen (secondary N) is 2. The number of esters is 1. The highest BCUT2D eigenvalue weighted by Gasteiger charge is 2.27. The fraction of sp³-hybridized carbons (Fsp3) is 0.250. The Kier molecular flexibility index (Phi) is 12.1. The summed E-state index contributed by atoms with van der Waals surface area (Å²) in [6.07, 6.45) is 2.40. The first-order chi connectivity index (χ1) is 19.4. The molecule has 208 valence electrons. The van der Waals surface area contributed by atoms with Crippen LogP contribution in [0.4, 0.5) is 4.79 Å². The molecule has 0 heterocycles. The fourth-order valence-corrected chi connectivity index (χ4v) is 3.94. The van der Waals surface area contributed by atoms with Gasteiger partial charge in [-0.1, -0.05) is 91.0 Å². The van der Waals surface area contributed by atoms with Crippen LogP contribution in [-0.4, -0.2) is 42.4 Å². The molecular formula is C32H34N2O6. The summed E-state index contributed by atoms with van der Waals surface area (Å²) >= 11 is 0. The van der Waals surface area contributed by atoms with Gasteiger partial charge in [0.1, 0.15) is 12.6 Å². The van der Waals surface area contributed by atoms with Gasteiger partial charge in [-0.3, -0.25) is 9.59 Å². The van der Waals surface area contributed by atoms with Gasteiger partial charge in [0.2, 0.25) is 5.91 Å². The van der Waals surface area contributed by atoms with Crippen LogP contribution in [0.5, 0.6) is 0 Å². The van der Waals surface area contributed by atoms with Gasteiger partial charge in [0.05, 0.1) is 12.6 Å². The molecule has 3 aromatic carbocycles. The molecule has 0 unspecified atom stereocenters. The molecule has 0 fully saturated rings. The van der Waals surface area contributed by atoms with E-state index in [0.29, 0.717) is 6.42 Å². The molecule has 8 heteroatoms. The molecule has 0 aliphatic heterocycles. The van der Waals surface area contributed by atoms with Crippen molar-refractivity contribution in [2.24, 2.45) is 0 Å². The number of carbonyl (C=O) groups is 4. The lowest BCUT2D eigenvalue weighted by Crippen LogP contribution is -2.52. The molecule has 2 atom stereocenters. The number of hydrogen-bond acceptors (Lipinski definition) is 6. The number of hydrogen-bond donors (Lipinski definition) is 2. The van der Waals surface area contributed by atoms with Crippen molar-refractivity contribution in [1.29, 1.82) is 0 Å². The van der Waals surface area contributed by atoms with E-state index in [1.54, 1.807) is 6.92 Å². The molecule has 40 heavy (non-hydrogen) atoms. The van der Waals surface area contributed by atoms with Crippen LogP contribution in [0.3, 0.4) is 0 Å². The molecule has 3 rings (SSSR count). The quantitative estimate of drug-likeness (QED) is 0.232. The lowest BCUT2D eigenvalue weighted by atomic mass is 10.00. The van der Waals surface area contributed by atoms with E-state index in [1.165, 1.54) is 0 Å². The maximum absolute atomic E-state index is 13.5. The molecule has 0 bridgehead atoms. The molecule has 0 aliphatic carbocycles. The van der Waals surface area contributed by atoms with E-state index < -0.39 is 35.8 Å². The number of alkyl carbamates (subject to hydrolysis) is 1. The van der Waals surface area contributed by atoms with Crippen molar-refractivity contribution in [3.05, 3.63) is 120 Å². The predicted octanol–water partition coefficient (Wildman–Crippen LogP) is 4.33. The van der Waals surface area contributed by atoms with Crippen LogP contribution in [0.15, 0.2) is 103 Å². The van der Waals surface area contributed by atoms with Crippen LogP contribution >= 0.6 is 0 Å². The average molecular weight is 543 g/mol. The second-order valence-electron chi connectivity index (χ2n) is 9.02. The summed E-state index contributed by atoms with van der Waals surface area (Å²) in [7, 11) is 0. The van der Waals surface area contributed by atoms with Crippen LogP contribution in [0, 0.1) is 0 Å². The summed E-state index contributed by atoms with van der Waals surface area (Å²) in [5.74, 6) is -1.65. The van der Waals surface area contributed by atoms with Gasteiger partial charge in [-0.25, -0.2) is 9.59 Å². The molecule has 0 aromatic heterocycles. The largest absolute Gasteiger partial charge is 0.463 e. The topological polar surface area (TPSA) is 111 Å². The minimum Gasteiger partial charge on any atom is -0.463 e. The van der Waals surface area contributed by atoms with Gasteiger partial charge < -0.3 is 20.1 Å². The summed E-state index contributed by atoms with van der Waals surface area (Å²) in [6, 6.07) is 26.0. The smallest absolute Gasteiger partial charge is 0.408 e. The van der Waals surface area contributed by atoms with Gasteiger partial charge in [0.25, 0.3) is 0 Å². The van der Waals surface area contributed by atoms with E-state index in [-0.39, 0.29) is 26.1 Å². The Morgan fingerprint density at radius 3 is 1.88 bits per heavy atom. The van der Waals surface area contributed by atoms with E-state index >= 15 is 0 Å². The van der Waals surface area contributed by atoms with Gasteiger partial charge in [-0.05, 0) is 42.5 Å². The molecule has 2 N–H and O–H groups in total. The predicted molar refractivity (Wildman–Crippen MR) is 151 cm³/mol. The zero-order valence-electron chi connectivity index (χ0n) is 22.5.